The van der Waals surface area contributed by atoms with Crippen molar-refractivity contribution >= 4 is 38.7 Å². The number of carbonyl (C=O) groups is 2. The Morgan fingerprint density at radius 2 is 1.79 bits per heavy atom. The summed E-state index contributed by atoms with van der Waals surface area (Å²) in [7, 11) is 1.23. The molecule has 0 bridgehead atoms. The van der Waals surface area contributed by atoms with Gasteiger partial charge in [0.05, 0.1) is 12.6 Å². The summed E-state index contributed by atoms with van der Waals surface area (Å²) < 4.78 is 7.11. The van der Waals surface area contributed by atoms with E-state index in [2.05, 4.69) is 26.0 Å². The molecule has 3 aromatic rings. The molecule has 0 atom stereocenters. The zero-order valence-electron chi connectivity index (χ0n) is 16.6. The molecule has 0 fully saturated rings. The number of hydrogen-bond acceptors (Lipinski definition) is 4. The number of rotatable bonds is 5. The van der Waals surface area contributed by atoms with Crippen LogP contribution in [0.15, 0.2) is 64.0 Å². The SMILES string of the molecule is CC.COC(=O)CNC(=O)c1cn(Cc2ccccc2)c2ccc(Br)cc2c1=O. The number of benzene rings is 2. The molecule has 1 heterocycles. The van der Waals surface area contributed by atoms with Gasteiger partial charge in [-0.15, -0.1) is 0 Å². The molecule has 0 saturated carbocycles. The summed E-state index contributed by atoms with van der Waals surface area (Å²) in [4.78, 5) is 36.6. The van der Waals surface area contributed by atoms with Gasteiger partial charge < -0.3 is 14.6 Å². The minimum absolute atomic E-state index is 0.0274. The fourth-order valence-electron chi connectivity index (χ4n) is 2.76. The number of nitrogens with one attached hydrogen (secondary N) is 1. The molecule has 1 amide bonds. The minimum atomic E-state index is -0.617. The number of esters is 1. The molecule has 29 heavy (non-hydrogen) atoms. The summed E-state index contributed by atoms with van der Waals surface area (Å²) >= 11 is 3.37. The Kier molecular flexibility index (Phi) is 8.15. The predicted molar refractivity (Wildman–Crippen MR) is 117 cm³/mol. The number of carbonyl (C=O) groups excluding carboxylic acids is 2. The van der Waals surface area contributed by atoms with Gasteiger partial charge in [0.1, 0.15) is 12.1 Å². The average Bonchev–Trinajstić information content (AvgIpc) is 2.75. The quantitative estimate of drug-likeness (QED) is 0.590. The summed E-state index contributed by atoms with van der Waals surface area (Å²) in [6.07, 6.45) is 1.53. The van der Waals surface area contributed by atoms with Gasteiger partial charge in [0.25, 0.3) is 5.91 Å². The van der Waals surface area contributed by atoms with E-state index in [0.29, 0.717) is 11.9 Å². The second kappa shape index (κ2) is 10.6. The van der Waals surface area contributed by atoms with E-state index in [9.17, 15) is 14.4 Å². The lowest BCUT2D eigenvalue weighted by molar-refractivity contribution is -0.139. The molecule has 0 unspecified atom stereocenters. The molecule has 6 nitrogen and oxygen atoms in total. The van der Waals surface area contributed by atoms with E-state index in [1.54, 1.807) is 6.07 Å². The van der Waals surface area contributed by atoms with E-state index in [1.807, 2.05) is 60.9 Å². The Morgan fingerprint density at radius 1 is 1.10 bits per heavy atom. The van der Waals surface area contributed by atoms with Gasteiger partial charge in [0.2, 0.25) is 5.43 Å². The number of halogens is 1. The van der Waals surface area contributed by atoms with Gasteiger partial charge in [0, 0.05) is 22.6 Å². The van der Waals surface area contributed by atoms with Crippen molar-refractivity contribution in [1.82, 2.24) is 9.88 Å². The highest BCUT2D eigenvalue weighted by atomic mass is 79.9. The van der Waals surface area contributed by atoms with Gasteiger partial charge in [-0.2, -0.15) is 0 Å². The minimum Gasteiger partial charge on any atom is -0.468 e. The fourth-order valence-corrected chi connectivity index (χ4v) is 3.12. The third kappa shape index (κ3) is 5.54. The highest BCUT2D eigenvalue weighted by molar-refractivity contribution is 9.10. The van der Waals surface area contributed by atoms with Gasteiger partial charge in [-0.25, -0.2) is 0 Å². The van der Waals surface area contributed by atoms with Crippen LogP contribution >= 0.6 is 15.9 Å². The smallest absolute Gasteiger partial charge is 0.325 e. The van der Waals surface area contributed by atoms with E-state index in [1.165, 1.54) is 13.3 Å². The maximum atomic E-state index is 12.8. The highest BCUT2D eigenvalue weighted by Crippen LogP contribution is 2.19. The van der Waals surface area contributed by atoms with Crippen molar-refractivity contribution in [2.45, 2.75) is 20.4 Å². The summed E-state index contributed by atoms with van der Waals surface area (Å²) in [5.41, 5.74) is 1.33. The maximum absolute atomic E-state index is 12.8. The first-order valence-corrected chi connectivity index (χ1v) is 10.0. The van der Waals surface area contributed by atoms with Crippen LogP contribution in [-0.4, -0.2) is 30.1 Å². The van der Waals surface area contributed by atoms with Crippen molar-refractivity contribution < 1.29 is 14.3 Å². The first-order valence-electron chi connectivity index (χ1n) is 9.21. The molecular formula is C22H23BrN2O4. The molecule has 0 spiro atoms. The van der Waals surface area contributed by atoms with Crippen LogP contribution in [0.1, 0.15) is 29.8 Å². The van der Waals surface area contributed by atoms with E-state index >= 15 is 0 Å². The van der Waals surface area contributed by atoms with E-state index < -0.39 is 17.3 Å². The number of methoxy groups -OCH3 is 1. The third-order valence-electron chi connectivity index (χ3n) is 4.10. The first-order chi connectivity index (χ1) is 14.0. The Morgan fingerprint density at radius 3 is 2.45 bits per heavy atom. The van der Waals surface area contributed by atoms with Gasteiger partial charge in [0.15, 0.2) is 0 Å². The molecule has 1 N–H and O–H groups in total. The number of aromatic nitrogens is 1. The van der Waals surface area contributed by atoms with E-state index in [4.69, 9.17) is 0 Å². The third-order valence-corrected chi connectivity index (χ3v) is 4.60. The van der Waals surface area contributed by atoms with Crippen LogP contribution in [0, 0.1) is 0 Å². The molecule has 7 heteroatoms. The number of fused-ring (bicyclic) bond motifs is 1. The topological polar surface area (TPSA) is 77.4 Å². The van der Waals surface area contributed by atoms with Crippen LogP contribution < -0.4 is 10.7 Å². The summed E-state index contributed by atoms with van der Waals surface area (Å²) in [6, 6.07) is 15.1. The molecule has 1 aromatic heterocycles. The van der Waals surface area contributed by atoms with Gasteiger partial charge in [-0.05, 0) is 23.8 Å². The van der Waals surface area contributed by atoms with Crippen LogP contribution in [-0.2, 0) is 16.1 Å². The van der Waals surface area contributed by atoms with Crippen LogP contribution in [0.4, 0.5) is 0 Å². The van der Waals surface area contributed by atoms with Crippen molar-refractivity contribution in [3.05, 3.63) is 80.6 Å². The molecule has 0 radical (unpaired) electrons. The lowest BCUT2D eigenvalue weighted by Gasteiger charge is -2.14. The number of hydrogen-bond donors (Lipinski definition) is 1. The van der Waals surface area contributed by atoms with Gasteiger partial charge in [-0.3, -0.25) is 14.4 Å². The second-order valence-corrected chi connectivity index (χ2v) is 6.82. The Balaban J connectivity index is 0.00000145. The first kappa shape index (κ1) is 22.4. The monoisotopic (exact) mass is 458 g/mol. The molecular weight excluding hydrogens is 436 g/mol. The van der Waals surface area contributed by atoms with Gasteiger partial charge >= 0.3 is 5.97 Å². The Labute approximate surface area is 177 Å². The van der Waals surface area contributed by atoms with E-state index in [-0.39, 0.29) is 12.1 Å². The van der Waals surface area contributed by atoms with Crippen molar-refractivity contribution in [3.63, 3.8) is 0 Å². The van der Waals surface area contributed by atoms with E-state index in [0.717, 1.165) is 15.6 Å². The average molecular weight is 459 g/mol. The predicted octanol–water partition coefficient (Wildman–Crippen LogP) is 3.74. The molecule has 3 rings (SSSR count). The van der Waals surface area contributed by atoms with Crippen molar-refractivity contribution in [2.24, 2.45) is 0 Å². The van der Waals surface area contributed by atoms with Crippen LogP contribution in [0.5, 0.6) is 0 Å². The molecule has 0 aliphatic heterocycles. The van der Waals surface area contributed by atoms with Gasteiger partial charge in [-0.1, -0.05) is 60.1 Å². The Hall–Kier alpha value is -2.93. The molecule has 0 aliphatic carbocycles. The summed E-state index contributed by atoms with van der Waals surface area (Å²) in [5.74, 6) is -1.20. The lowest BCUT2D eigenvalue weighted by Crippen LogP contribution is -2.34. The second-order valence-electron chi connectivity index (χ2n) is 5.91. The van der Waals surface area contributed by atoms with Crippen molar-refractivity contribution in [3.8, 4) is 0 Å². The zero-order valence-corrected chi connectivity index (χ0v) is 18.2. The largest absolute Gasteiger partial charge is 0.468 e. The summed E-state index contributed by atoms with van der Waals surface area (Å²) in [5, 5.41) is 2.84. The highest BCUT2D eigenvalue weighted by Gasteiger charge is 2.17. The fraction of sp³-hybridized carbons (Fsp3) is 0.227. The molecule has 0 aliphatic rings. The molecule has 0 saturated heterocycles. The number of ether oxygens (including phenoxy) is 1. The van der Waals surface area contributed by atoms with Crippen molar-refractivity contribution in [1.29, 1.82) is 0 Å². The lowest BCUT2D eigenvalue weighted by atomic mass is 10.1. The van der Waals surface area contributed by atoms with Crippen LogP contribution in [0.25, 0.3) is 10.9 Å². The number of pyridine rings is 1. The number of nitrogens with zero attached hydrogens (tertiary/aromatic N) is 1. The Bertz CT molecular complexity index is 1060. The van der Waals surface area contributed by atoms with Crippen LogP contribution in [0.3, 0.4) is 0 Å². The van der Waals surface area contributed by atoms with Crippen LogP contribution in [0.2, 0.25) is 0 Å². The molecule has 152 valence electrons. The summed E-state index contributed by atoms with van der Waals surface area (Å²) in [6.45, 7) is 4.19. The maximum Gasteiger partial charge on any atom is 0.325 e. The molecule has 2 aromatic carbocycles. The normalized spacial score (nSPS) is 10.1. The van der Waals surface area contributed by atoms with Crippen molar-refractivity contribution in [2.75, 3.05) is 13.7 Å². The zero-order chi connectivity index (χ0) is 21.4. The number of amides is 1. The standard InChI is InChI=1S/C20H17BrN2O4.C2H6/c1-27-18(24)10-22-20(26)16-12-23(11-13-5-3-2-4-6-13)17-8-7-14(21)9-15(17)19(16)25;1-2/h2-9,12H,10-11H2,1H3,(H,22,26);1-2H3.